The van der Waals surface area contributed by atoms with Crippen LogP contribution in [0.1, 0.15) is 33.1 Å². The normalized spacial score (nSPS) is 29.8. The van der Waals surface area contributed by atoms with E-state index in [9.17, 15) is 0 Å². The predicted octanol–water partition coefficient (Wildman–Crippen LogP) is 1.46. The van der Waals surface area contributed by atoms with Crippen LogP contribution >= 0.6 is 0 Å². The molecule has 0 aromatic heterocycles. The van der Waals surface area contributed by atoms with E-state index in [1.54, 1.807) is 0 Å². The molecule has 2 heteroatoms. The molecule has 0 bridgehead atoms. The van der Waals surface area contributed by atoms with Crippen LogP contribution < -0.4 is 5.73 Å². The first-order valence-electron chi connectivity index (χ1n) is 5.16. The van der Waals surface area contributed by atoms with Gasteiger partial charge in [-0.05, 0) is 45.2 Å². The summed E-state index contributed by atoms with van der Waals surface area (Å²) in [6, 6.07) is 0.332. The van der Waals surface area contributed by atoms with Gasteiger partial charge in [-0.15, -0.1) is 0 Å². The lowest BCUT2D eigenvalue weighted by molar-refractivity contribution is 0.269. The number of likely N-dealkylation sites (tertiary alicyclic amines) is 1. The third-order valence-corrected chi connectivity index (χ3v) is 2.66. The second kappa shape index (κ2) is 4.83. The number of hydrogen-bond acceptors (Lipinski definition) is 2. The van der Waals surface area contributed by atoms with Crippen molar-refractivity contribution in [3.05, 3.63) is 0 Å². The Balaban J connectivity index is 2.26. The summed E-state index contributed by atoms with van der Waals surface area (Å²) in [5, 5.41) is 0. The van der Waals surface area contributed by atoms with Gasteiger partial charge in [0, 0.05) is 12.6 Å². The van der Waals surface area contributed by atoms with Crippen LogP contribution in [0.5, 0.6) is 0 Å². The fourth-order valence-electron chi connectivity index (χ4n) is 1.91. The number of nitrogens with zero attached hydrogens (tertiary/aromatic N) is 1. The lowest BCUT2D eigenvalue weighted by atomic mass is 10.0. The first-order valence-corrected chi connectivity index (χ1v) is 5.16. The molecule has 0 aromatic carbocycles. The Kier molecular flexibility index (Phi) is 4.02. The molecule has 2 unspecified atom stereocenters. The minimum atomic E-state index is 0.332. The molecule has 0 spiro atoms. The van der Waals surface area contributed by atoms with E-state index in [0.717, 1.165) is 12.5 Å². The van der Waals surface area contributed by atoms with Gasteiger partial charge in [-0.25, -0.2) is 0 Å². The topological polar surface area (TPSA) is 29.3 Å². The molecular weight excluding hydrogens is 148 g/mol. The van der Waals surface area contributed by atoms with Crippen LogP contribution in [0.4, 0.5) is 0 Å². The third-order valence-electron chi connectivity index (χ3n) is 2.66. The van der Waals surface area contributed by atoms with E-state index in [4.69, 9.17) is 5.73 Å². The van der Waals surface area contributed by atoms with Crippen molar-refractivity contribution >= 4 is 0 Å². The van der Waals surface area contributed by atoms with Crippen LogP contribution in [0, 0.1) is 5.92 Å². The van der Waals surface area contributed by atoms with Gasteiger partial charge >= 0.3 is 0 Å². The Labute approximate surface area is 76.1 Å². The van der Waals surface area contributed by atoms with Gasteiger partial charge in [0.25, 0.3) is 0 Å². The third kappa shape index (κ3) is 3.55. The molecule has 0 aromatic rings. The first-order chi connectivity index (χ1) is 5.68. The summed E-state index contributed by atoms with van der Waals surface area (Å²) in [7, 11) is 0. The minimum absolute atomic E-state index is 0.332. The highest BCUT2D eigenvalue weighted by Crippen LogP contribution is 2.16. The van der Waals surface area contributed by atoms with Gasteiger partial charge in [0.15, 0.2) is 0 Å². The van der Waals surface area contributed by atoms with Gasteiger partial charge in [0.1, 0.15) is 0 Å². The molecule has 2 N–H and O–H groups in total. The summed E-state index contributed by atoms with van der Waals surface area (Å²) in [5.41, 5.74) is 5.77. The molecule has 0 saturated carbocycles. The molecule has 1 rings (SSSR count). The molecule has 0 aliphatic carbocycles. The fraction of sp³-hybridized carbons (Fsp3) is 1.00. The van der Waals surface area contributed by atoms with E-state index in [-0.39, 0.29) is 0 Å². The highest BCUT2D eigenvalue weighted by molar-refractivity contribution is 4.70. The Bertz CT molecular complexity index is 123. The Morgan fingerprint density at radius 2 is 2.17 bits per heavy atom. The molecule has 1 aliphatic heterocycles. The average molecular weight is 170 g/mol. The summed E-state index contributed by atoms with van der Waals surface area (Å²) in [5.74, 6) is 0.920. The zero-order valence-electron chi connectivity index (χ0n) is 8.42. The van der Waals surface area contributed by atoms with Crippen LogP contribution in [-0.4, -0.2) is 30.6 Å². The second-order valence-electron chi connectivity index (χ2n) is 4.31. The summed E-state index contributed by atoms with van der Waals surface area (Å²) >= 11 is 0. The largest absolute Gasteiger partial charge is 0.327 e. The Hall–Kier alpha value is -0.0800. The summed E-state index contributed by atoms with van der Waals surface area (Å²) in [6.45, 7) is 8.03. The van der Waals surface area contributed by atoms with Crippen molar-refractivity contribution in [3.63, 3.8) is 0 Å². The predicted molar refractivity (Wildman–Crippen MR) is 53.1 cm³/mol. The zero-order chi connectivity index (χ0) is 8.97. The molecule has 2 atom stereocenters. The van der Waals surface area contributed by atoms with E-state index >= 15 is 0 Å². The van der Waals surface area contributed by atoms with Crippen molar-refractivity contribution in [1.29, 1.82) is 0 Å². The van der Waals surface area contributed by atoms with Crippen LogP contribution in [-0.2, 0) is 0 Å². The monoisotopic (exact) mass is 170 g/mol. The molecule has 0 amide bonds. The fourth-order valence-corrected chi connectivity index (χ4v) is 1.91. The van der Waals surface area contributed by atoms with E-state index in [1.807, 2.05) is 0 Å². The summed E-state index contributed by atoms with van der Waals surface area (Å²) < 4.78 is 0. The van der Waals surface area contributed by atoms with E-state index in [0.29, 0.717) is 6.04 Å². The highest BCUT2D eigenvalue weighted by Gasteiger charge is 2.13. The van der Waals surface area contributed by atoms with Gasteiger partial charge in [-0.3, -0.25) is 0 Å². The quantitative estimate of drug-likeness (QED) is 0.680. The van der Waals surface area contributed by atoms with Crippen molar-refractivity contribution in [2.75, 3.05) is 19.6 Å². The number of rotatable bonds is 2. The molecule has 72 valence electrons. The molecular formula is C10H22N2. The maximum atomic E-state index is 5.77. The Morgan fingerprint density at radius 3 is 2.83 bits per heavy atom. The SMILES string of the molecule is CC(N)CN1CCCC(C)CC1. The lowest BCUT2D eigenvalue weighted by Crippen LogP contribution is -2.36. The van der Waals surface area contributed by atoms with Gasteiger partial charge in [-0.1, -0.05) is 6.92 Å². The van der Waals surface area contributed by atoms with Crippen molar-refractivity contribution < 1.29 is 0 Å². The van der Waals surface area contributed by atoms with E-state index < -0.39 is 0 Å². The lowest BCUT2D eigenvalue weighted by Gasteiger charge is -2.21. The molecule has 1 fully saturated rings. The van der Waals surface area contributed by atoms with Crippen LogP contribution in [0.2, 0.25) is 0 Å². The smallest absolute Gasteiger partial charge is 0.0139 e. The van der Waals surface area contributed by atoms with Gasteiger partial charge in [0.05, 0.1) is 0 Å². The molecule has 1 heterocycles. The molecule has 1 aliphatic rings. The molecule has 1 saturated heterocycles. The number of nitrogens with two attached hydrogens (primary N) is 1. The highest BCUT2D eigenvalue weighted by atomic mass is 15.1. The Morgan fingerprint density at radius 1 is 1.42 bits per heavy atom. The molecule has 0 radical (unpaired) electrons. The van der Waals surface area contributed by atoms with Crippen molar-refractivity contribution in [2.24, 2.45) is 11.7 Å². The van der Waals surface area contributed by atoms with Gasteiger partial charge in [-0.2, -0.15) is 0 Å². The maximum Gasteiger partial charge on any atom is 0.0139 e. The van der Waals surface area contributed by atoms with Crippen molar-refractivity contribution in [1.82, 2.24) is 4.90 Å². The van der Waals surface area contributed by atoms with Gasteiger partial charge in [0.2, 0.25) is 0 Å². The van der Waals surface area contributed by atoms with Gasteiger partial charge < -0.3 is 10.6 Å². The maximum absolute atomic E-state index is 5.77. The van der Waals surface area contributed by atoms with Crippen LogP contribution in [0.15, 0.2) is 0 Å². The van der Waals surface area contributed by atoms with E-state index in [2.05, 4.69) is 18.7 Å². The standard InChI is InChI=1S/C10H22N2/c1-9-4-3-6-12(7-5-9)8-10(2)11/h9-10H,3-8,11H2,1-2H3. The number of hydrogen-bond donors (Lipinski definition) is 1. The van der Waals surface area contributed by atoms with E-state index in [1.165, 1.54) is 32.4 Å². The first kappa shape index (κ1) is 10.0. The zero-order valence-corrected chi connectivity index (χ0v) is 8.42. The molecule has 12 heavy (non-hydrogen) atoms. The van der Waals surface area contributed by atoms with Crippen LogP contribution in [0.25, 0.3) is 0 Å². The minimum Gasteiger partial charge on any atom is -0.327 e. The molecule has 2 nitrogen and oxygen atoms in total. The van der Waals surface area contributed by atoms with Crippen molar-refractivity contribution in [2.45, 2.75) is 39.2 Å². The summed E-state index contributed by atoms with van der Waals surface area (Å²) in [6.07, 6.45) is 4.11. The average Bonchev–Trinajstić information content (AvgIpc) is 2.15. The second-order valence-corrected chi connectivity index (χ2v) is 4.31. The summed E-state index contributed by atoms with van der Waals surface area (Å²) in [4.78, 5) is 2.51. The van der Waals surface area contributed by atoms with Crippen LogP contribution in [0.3, 0.4) is 0 Å². The van der Waals surface area contributed by atoms with Crippen molar-refractivity contribution in [3.8, 4) is 0 Å².